The van der Waals surface area contributed by atoms with Gasteiger partial charge in [0.25, 0.3) is 0 Å². The molecule has 19 heavy (non-hydrogen) atoms. The summed E-state index contributed by atoms with van der Waals surface area (Å²) in [7, 11) is -0.391. The molecule has 1 atom stereocenters. The lowest BCUT2D eigenvalue weighted by molar-refractivity contribution is 0.00578. The van der Waals surface area contributed by atoms with Crippen molar-refractivity contribution in [2.75, 3.05) is 0 Å². The SMILES string of the molecule is C[C@H](O)Cn1cc(B2OC(C)(C)C(C)(C)O2)cn1.S. The van der Waals surface area contributed by atoms with Crippen LogP contribution in [0.2, 0.25) is 0 Å². The fourth-order valence-corrected chi connectivity index (χ4v) is 1.85. The van der Waals surface area contributed by atoms with Gasteiger partial charge in [-0.1, -0.05) is 0 Å². The van der Waals surface area contributed by atoms with Crippen LogP contribution in [0.15, 0.2) is 12.4 Å². The largest absolute Gasteiger partial charge is 0.498 e. The van der Waals surface area contributed by atoms with Gasteiger partial charge in [0.15, 0.2) is 0 Å². The molecule has 108 valence electrons. The van der Waals surface area contributed by atoms with Crippen LogP contribution < -0.4 is 5.46 Å². The van der Waals surface area contributed by atoms with Crippen molar-refractivity contribution in [3.05, 3.63) is 12.4 Å². The second-order valence-corrected chi connectivity index (χ2v) is 5.93. The molecule has 0 saturated carbocycles. The first-order valence-electron chi connectivity index (χ1n) is 6.27. The summed E-state index contributed by atoms with van der Waals surface area (Å²) in [5.74, 6) is 0. The molecular weight excluding hydrogens is 263 g/mol. The fraction of sp³-hybridized carbons (Fsp3) is 0.750. The number of nitrogens with zero attached hydrogens (tertiary/aromatic N) is 2. The molecule has 0 aromatic carbocycles. The van der Waals surface area contributed by atoms with Gasteiger partial charge in [0.05, 0.1) is 23.9 Å². The van der Waals surface area contributed by atoms with Crippen LogP contribution in [0.4, 0.5) is 0 Å². The van der Waals surface area contributed by atoms with Crippen LogP contribution in [0.1, 0.15) is 34.6 Å². The van der Waals surface area contributed by atoms with Crippen LogP contribution in [0.25, 0.3) is 0 Å². The van der Waals surface area contributed by atoms with Crippen molar-refractivity contribution in [1.29, 1.82) is 0 Å². The van der Waals surface area contributed by atoms with Crippen LogP contribution in [-0.2, 0) is 15.9 Å². The summed E-state index contributed by atoms with van der Waals surface area (Å²) in [4.78, 5) is 0. The minimum Gasteiger partial charge on any atom is -0.399 e. The Kier molecular flexibility index (Phi) is 4.77. The Bertz CT molecular complexity index is 418. The Balaban J connectivity index is 0.00000180. The lowest BCUT2D eigenvalue weighted by Gasteiger charge is -2.32. The second-order valence-electron chi connectivity index (χ2n) is 5.93. The van der Waals surface area contributed by atoms with Crippen molar-refractivity contribution in [2.45, 2.75) is 58.5 Å². The van der Waals surface area contributed by atoms with Gasteiger partial charge >= 0.3 is 7.12 Å². The summed E-state index contributed by atoms with van der Waals surface area (Å²) in [6.45, 7) is 10.3. The maximum atomic E-state index is 9.32. The molecule has 0 spiro atoms. The number of aliphatic hydroxyl groups is 1. The molecular formula is C12H23BN2O3S. The fourth-order valence-electron chi connectivity index (χ4n) is 1.85. The Morgan fingerprint density at radius 3 is 2.32 bits per heavy atom. The van der Waals surface area contributed by atoms with Gasteiger partial charge in [0.1, 0.15) is 0 Å². The van der Waals surface area contributed by atoms with Crippen LogP contribution in [0.5, 0.6) is 0 Å². The Hall–Kier alpha value is -0.495. The van der Waals surface area contributed by atoms with Gasteiger partial charge < -0.3 is 14.4 Å². The van der Waals surface area contributed by atoms with Gasteiger partial charge in [-0.2, -0.15) is 18.6 Å². The minimum absolute atomic E-state index is 0. The molecule has 2 heterocycles. The predicted molar refractivity (Wildman–Crippen MR) is 80.0 cm³/mol. The molecule has 7 heteroatoms. The van der Waals surface area contributed by atoms with E-state index >= 15 is 0 Å². The van der Waals surface area contributed by atoms with E-state index in [4.69, 9.17) is 9.31 Å². The predicted octanol–water partition coefficient (Wildman–Crippen LogP) is 0.676. The normalized spacial score (nSPS) is 22.1. The maximum Gasteiger partial charge on any atom is 0.498 e. The van der Waals surface area contributed by atoms with E-state index < -0.39 is 13.2 Å². The van der Waals surface area contributed by atoms with Crippen molar-refractivity contribution in [3.8, 4) is 0 Å². The number of hydrogen-bond donors (Lipinski definition) is 1. The van der Waals surface area contributed by atoms with Crippen molar-refractivity contribution in [2.24, 2.45) is 0 Å². The molecule has 0 bridgehead atoms. The van der Waals surface area contributed by atoms with E-state index in [9.17, 15) is 5.11 Å². The lowest BCUT2D eigenvalue weighted by Crippen LogP contribution is -2.41. The first-order chi connectivity index (χ1) is 8.21. The number of hydrogen-bond acceptors (Lipinski definition) is 4. The first-order valence-corrected chi connectivity index (χ1v) is 6.27. The zero-order valence-electron chi connectivity index (χ0n) is 12.2. The number of aromatic nitrogens is 2. The van der Waals surface area contributed by atoms with E-state index in [1.807, 2.05) is 33.9 Å². The monoisotopic (exact) mass is 286 g/mol. The van der Waals surface area contributed by atoms with E-state index in [0.717, 1.165) is 5.46 Å². The van der Waals surface area contributed by atoms with Gasteiger partial charge in [-0.15, -0.1) is 0 Å². The first kappa shape index (κ1) is 16.6. The molecule has 1 aromatic rings. The standard InChI is InChI=1S/C12H21BN2O3.H2S/c1-9(16)7-15-8-10(6-14-15)13-17-11(2,3)12(4,5)18-13;/h6,8-9,16H,7H2,1-5H3;1H2/t9-;/m0./s1. The molecule has 1 saturated heterocycles. The molecule has 0 unspecified atom stereocenters. The second kappa shape index (κ2) is 5.48. The minimum atomic E-state index is -0.420. The van der Waals surface area contributed by atoms with Crippen molar-refractivity contribution < 1.29 is 14.4 Å². The van der Waals surface area contributed by atoms with Crippen LogP contribution in [0, 0.1) is 0 Å². The highest BCUT2D eigenvalue weighted by Gasteiger charge is 2.52. The summed E-state index contributed by atoms with van der Waals surface area (Å²) in [5, 5.41) is 13.5. The van der Waals surface area contributed by atoms with E-state index in [-0.39, 0.29) is 24.7 Å². The maximum absolute atomic E-state index is 9.32. The van der Waals surface area contributed by atoms with Gasteiger partial charge in [-0.05, 0) is 34.6 Å². The highest BCUT2D eigenvalue weighted by molar-refractivity contribution is 7.59. The average molecular weight is 286 g/mol. The average Bonchev–Trinajstić information content (AvgIpc) is 2.70. The molecule has 1 aromatic heterocycles. The van der Waals surface area contributed by atoms with Crippen molar-refractivity contribution in [3.63, 3.8) is 0 Å². The molecule has 1 fully saturated rings. The highest BCUT2D eigenvalue weighted by atomic mass is 32.1. The smallest absolute Gasteiger partial charge is 0.399 e. The molecule has 0 amide bonds. The van der Waals surface area contributed by atoms with Crippen LogP contribution in [0.3, 0.4) is 0 Å². The van der Waals surface area contributed by atoms with E-state index in [1.165, 1.54) is 0 Å². The Morgan fingerprint density at radius 1 is 1.32 bits per heavy atom. The molecule has 2 rings (SSSR count). The molecule has 0 aliphatic carbocycles. The summed E-state index contributed by atoms with van der Waals surface area (Å²) >= 11 is 0. The van der Waals surface area contributed by atoms with E-state index in [1.54, 1.807) is 17.8 Å². The molecule has 0 radical (unpaired) electrons. The summed E-state index contributed by atoms with van der Waals surface area (Å²) in [5.41, 5.74) is 0.197. The zero-order chi connectivity index (χ0) is 13.6. The highest BCUT2D eigenvalue weighted by Crippen LogP contribution is 2.36. The lowest BCUT2D eigenvalue weighted by atomic mass is 9.82. The summed E-state index contributed by atoms with van der Waals surface area (Å²) in [6, 6.07) is 0. The van der Waals surface area contributed by atoms with Gasteiger partial charge in [0.2, 0.25) is 0 Å². The zero-order valence-corrected chi connectivity index (χ0v) is 13.2. The molecule has 5 nitrogen and oxygen atoms in total. The van der Waals surface area contributed by atoms with Crippen LogP contribution in [-0.4, -0.2) is 39.3 Å². The third kappa shape index (κ3) is 3.34. The van der Waals surface area contributed by atoms with Crippen molar-refractivity contribution >= 4 is 26.1 Å². The molecule has 1 aliphatic heterocycles. The van der Waals surface area contributed by atoms with Crippen LogP contribution >= 0.6 is 13.5 Å². The van der Waals surface area contributed by atoms with Gasteiger partial charge in [0, 0.05) is 17.9 Å². The number of rotatable bonds is 3. The van der Waals surface area contributed by atoms with E-state index in [0.29, 0.717) is 6.54 Å². The Labute approximate surface area is 121 Å². The van der Waals surface area contributed by atoms with E-state index in [2.05, 4.69) is 5.10 Å². The number of aliphatic hydroxyl groups excluding tert-OH is 1. The molecule has 1 N–H and O–H groups in total. The van der Waals surface area contributed by atoms with Gasteiger partial charge in [-0.3, -0.25) is 4.68 Å². The third-order valence-electron chi connectivity index (χ3n) is 3.63. The molecule has 1 aliphatic rings. The third-order valence-corrected chi connectivity index (χ3v) is 3.63. The van der Waals surface area contributed by atoms with Gasteiger partial charge in [-0.25, -0.2) is 0 Å². The quantitative estimate of drug-likeness (QED) is 0.830. The topological polar surface area (TPSA) is 56.5 Å². The summed E-state index contributed by atoms with van der Waals surface area (Å²) in [6.07, 6.45) is 3.16. The van der Waals surface area contributed by atoms with Crippen molar-refractivity contribution in [1.82, 2.24) is 9.78 Å². The summed E-state index contributed by atoms with van der Waals surface area (Å²) < 4.78 is 13.6. The Morgan fingerprint density at radius 2 is 1.84 bits per heavy atom.